The van der Waals surface area contributed by atoms with E-state index in [4.69, 9.17) is 11.6 Å². The van der Waals surface area contributed by atoms with Crippen LogP contribution in [0.15, 0.2) is 48.5 Å². The molecule has 28 heavy (non-hydrogen) atoms. The number of hydrogen-bond donors (Lipinski definition) is 2. The van der Waals surface area contributed by atoms with E-state index in [2.05, 4.69) is 15.5 Å². The topological polar surface area (TPSA) is 61.4 Å². The van der Waals surface area contributed by atoms with Crippen molar-refractivity contribution >= 4 is 34.8 Å². The van der Waals surface area contributed by atoms with Gasteiger partial charge in [-0.1, -0.05) is 23.7 Å². The first kappa shape index (κ1) is 19.0. The predicted molar refractivity (Wildman–Crippen MR) is 112 cm³/mol. The van der Waals surface area contributed by atoms with Crippen LogP contribution in [0.5, 0.6) is 0 Å². The number of amides is 2. The molecule has 0 aliphatic heterocycles. The SMILES string of the molecule is O=C(CN(CC1CC1)C1CC1)Nc1ccccc1C(=O)Nc1ccc(Cl)cc1. The molecule has 2 aromatic carbocycles. The maximum atomic E-state index is 12.7. The molecule has 2 aromatic rings. The summed E-state index contributed by atoms with van der Waals surface area (Å²) < 4.78 is 0. The van der Waals surface area contributed by atoms with E-state index in [1.54, 1.807) is 42.5 Å². The first-order valence-corrected chi connectivity index (χ1v) is 10.2. The molecule has 0 radical (unpaired) electrons. The molecule has 2 fully saturated rings. The molecule has 2 aliphatic carbocycles. The minimum atomic E-state index is -0.268. The molecule has 4 rings (SSSR count). The van der Waals surface area contributed by atoms with Crippen LogP contribution in [-0.2, 0) is 4.79 Å². The Kier molecular flexibility index (Phi) is 5.64. The smallest absolute Gasteiger partial charge is 0.257 e. The normalized spacial score (nSPS) is 16.1. The van der Waals surface area contributed by atoms with Crippen LogP contribution in [0.3, 0.4) is 0 Å². The Hall–Kier alpha value is -2.37. The molecule has 146 valence electrons. The largest absolute Gasteiger partial charge is 0.324 e. The van der Waals surface area contributed by atoms with Gasteiger partial charge in [-0.25, -0.2) is 0 Å². The van der Waals surface area contributed by atoms with Gasteiger partial charge in [0.1, 0.15) is 0 Å². The second kappa shape index (κ2) is 8.33. The number of anilines is 2. The van der Waals surface area contributed by atoms with Gasteiger partial charge in [-0.3, -0.25) is 14.5 Å². The zero-order valence-electron chi connectivity index (χ0n) is 15.7. The first-order valence-electron chi connectivity index (χ1n) is 9.78. The van der Waals surface area contributed by atoms with Crippen LogP contribution in [0.4, 0.5) is 11.4 Å². The van der Waals surface area contributed by atoms with Crippen molar-refractivity contribution in [1.29, 1.82) is 0 Å². The van der Waals surface area contributed by atoms with E-state index in [0.29, 0.717) is 34.5 Å². The fourth-order valence-electron chi connectivity index (χ4n) is 3.31. The average molecular weight is 398 g/mol. The van der Waals surface area contributed by atoms with Crippen molar-refractivity contribution in [2.75, 3.05) is 23.7 Å². The molecule has 2 N–H and O–H groups in total. The molecule has 0 saturated heterocycles. The van der Waals surface area contributed by atoms with Crippen LogP contribution < -0.4 is 10.6 Å². The van der Waals surface area contributed by atoms with Crippen LogP contribution in [0, 0.1) is 5.92 Å². The molecular formula is C22H24ClN3O2. The maximum absolute atomic E-state index is 12.7. The summed E-state index contributed by atoms with van der Waals surface area (Å²) in [7, 11) is 0. The second-order valence-electron chi connectivity index (χ2n) is 7.66. The van der Waals surface area contributed by atoms with Gasteiger partial charge in [-0.2, -0.15) is 0 Å². The standard InChI is InChI=1S/C22H24ClN3O2/c23-16-7-9-17(10-8-16)24-22(28)19-3-1-2-4-20(19)25-21(27)14-26(18-11-12-18)13-15-5-6-15/h1-4,7-10,15,18H,5-6,11-14H2,(H,24,28)(H,25,27). The van der Waals surface area contributed by atoms with Gasteiger partial charge in [-0.05, 0) is 68.0 Å². The van der Waals surface area contributed by atoms with E-state index in [9.17, 15) is 9.59 Å². The van der Waals surface area contributed by atoms with Crippen molar-refractivity contribution < 1.29 is 9.59 Å². The number of carbonyl (C=O) groups excluding carboxylic acids is 2. The van der Waals surface area contributed by atoms with Crippen molar-refractivity contribution in [2.24, 2.45) is 5.92 Å². The van der Waals surface area contributed by atoms with E-state index in [1.807, 2.05) is 6.07 Å². The molecule has 2 amide bonds. The van der Waals surface area contributed by atoms with Gasteiger partial charge in [-0.15, -0.1) is 0 Å². The van der Waals surface area contributed by atoms with Gasteiger partial charge in [0.05, 0.1) is 17.8 Å². The summed E-state index contributed by atoms with van der Waals surface area (Å²) in [5.41, 5.74) is 1.62. The number of hydrogen-bond acceptors (Lipinski definition) is 3. The summed E-state index contributed by atoms with van der Waals surface area (Å²) in [5.74, 6) is 0.417. The molecule has 0 unspecified atom stereocenters. The summed E-state index contributed by atoms with van der Waals surface area (Å²) in [4.78, 5) is 27.6. The molecule has 0 bridgehead atoms. The Morgan fingerprint density at radius 3 is 2.36 bits per heavy atom. The van der Waals surface area contributed by atoms with Crippen LogP contribution >= 0.6 is 11.6 Å². The van der Waals surface area contributed by atoms with Gasteiger partial charge in [0, 0.05) is 23.3 Å². The number of halogens is 1. The lowest BCUT2D eigenvalue weighted by Crippen LogP contribution is -2.36. The maximum Gasteiger partial charge on any atom is 0.257 e. The van der Waals surface area contributed by atoms with E-state index in [-0.39, 0.29) is 11.8 Å². The summed E-state index contributed by atoms with van der Waals surface area (Å²) in [6.07, 6.45) is 4.91. The van der Waals surface area contributed by atoms with Gasteiger partial charge >= 0.3 is 0 Å². The molecule has 6 heteroatoms. The third-order valence-corrected chi connectivity index (χ3v) is 5.40. The molecule has 0 spiro atoms. The van der Waals surface area contributed by atoms with Crippen molar-refractivity contribution in [1.82, 2.24) is 4.90 Å². The number of para-hydroxylation sites is 1. The summed E-state index contributed by atoms with van der Waals surface area (Å²) >= 11 is 5.89. The van der Waals surface area contributed by atoms with Crippen LogP contribution in [0.25, 0.3) is 0 Å². The van der Waals surface area contributed by atoms with Gasteiger partial charge in [0.15, 0.2) is 0 Å². The highest BCUT2D eigenvalue weighted by Crippen LogP contribution is 2.34. The molecule has 0 heterocycles. The van der Waals surface area contributed by atoms with E-state index in [1.165, 1.54) is 25.7 Å². The lowest BCUT2D eigenvalue weighted by molar-refractivity contribution is -0.117. The third-order valence-electron chi connectivity index (χ3n) is 5.15. The predicted octanol–water partition coefficient (Wildman–Crippen LogP) is 4.41. The van der Waals surface area contributed by atoms with Gasteiger partial charge in [0.2, 0.25) is 5.91 Å². The van der Waals surface area contributed by atoms with Crippen molar-refractivity contribution in [3.8, 4) is 0 Å². The minimum absolute atomic E-state index is 0.0701. The fourth-order valence-corrected chi connectivity index (χ4v) is 3.44. The Morgan fingerprint density at radius 1 is 0.964 bits per heavy atom. The Bertz CT molecular complexity index is 860. The van der Waals surface area contributed by atoms with E-state index >= 15 is 0 Å². The molecule has 5 nitrogen and oxygen atoms in total. The molecule has 0 aromatic heterocycles. The van der Waals surface area contributed by atoms with E-state index in [0.717, 1.165) is 12.5 Å². The molecule has 0 atom stereocenters. The number of carbonyl (C=O) groups is 2. The van der Waals surface area contributed by atoms with Crippen LogP contribution in [0.2, 0.25) is 5.02 Å². The Balaban J connectivity index is 1.40. The third kappa shape index (κ3) is 5.12. The highest BCUT2D eigenvalue weighted by atomic mass is 35.5. The lowest BCUT2D eigenvalue weighted by atomic mass is 10.1. The average Bonchev–Trinajstić information content (AvgIpc) is 3.57. The molecular weight excluding hydrogens is 374 g/mol. The fraction of sp³-hybridized carbons (Fsp3) is 0.364. The zero-order valence-corrected chi connectivity index (χ0v) is 16.4. The summed E-state index contributed by atoms with van der Waals surface area (Å²) in [5, 5.41) is 6.38. The number of rotatable bonds is 8. The monoisotopic (exact) mass is 397 g/mol. The number of nitrogens with one attached hydrogen (secondary N) is 2. The van der Waals surface area contributed by atoms with Crippen LogP contribution in [-0.4, -0.2) is 35.8 Å². The molecule has 2 aliphatic rings. The van der Waals surface area contributed by atoms with Crippen molar-refractivity contribution in [3.05, 3.63) is 59.1 Å². The number of benzene rings is 2. The van der Waals surface area contributed by atoms with Crippen molar-refractivity contribution in [2.45, 2.75) is 31.7 Å². The van der Waals surface area contributed by atoms with Gasteiger partial charge in [0.25, 0.3) is 5.91 Å². The summed E-state index contributed by atoms with van der Waals surface area (Å²) in [6.45, 7) is 1.39. The van der Waals surface area contributed by atoms with Crippen LogP contribution in [0.1, 0.15) is 36.0 Å². The Labute approximate surface area is 170 Å². The minimum Gasteiger partial charge on any atom is -0.324 e. The first-order chi connectivity index (χ1) is 13.6. The summed E-state index contributed by atoms with van der Waals surface area (Å²) in [6, 6.07) is 14.6. The van der Waals surface area contributed by atoms with E-state index < -0.39 is 0 Å². The highest BCUT2D eigenvalue weighted by molar-refractivity contribution is 6.30. The quantitative estimate of drug-likeness (QED) is 0.693. The lowest BCUT2D eigenvalue weighted by Gasteiger charge is -2.21. The highest BCUT2D eigenvalue weighted by Gasteiger charge is 2.34. The zero-order chi connectivity index (χ0) is 19.5. The van der Waals surface area contributed by atoms with Gasteiger partial charge < -0.3 is 10.6 Å². The number of nitrogens with zero attached hydrogens (tertiary/aromatic N) is 1. The Morgan fingerprint density at radius 2 is 1.68 bits per heavy atom. The molecule has 2 saturated carbocycles. The second-order valence-corrected chi connectivity index (χ2v) is 8.10. The van der Waals surface area contributed by atoms with Crippen molar-refractivity contribution in [3.63, 3.8) is 0 Å².